The fraction of sp³-hybridized carbons (Fsp3) is 0.203. The molecule has 6 heterocycles. The van der Waals surface area contributed by atoms with Crippen molar-refractivity contribution in [3.63, 3.8) is 0 Å². The number of hydrogen-bond acceptors (Lipinski definition) is 14. The highest BCUT2D eigenvalue weighted by atomic mass is 79.9. The number of rotatable bonds is 9. The number of anilines is 4. The van der Waals surface area contributed by atoms with Crippen molar-refractivity contribution < 1.29 is 34.6 Å². The van der Waals surface area contributed by atoms with Crippen molar-refractivity contribution in [2.75, 3.05) is 59.3 Å². The molecule has 8 aromatic rings. The topological polar surface area (TPSA) is 197 Å². The molecule has 3 aliphatic rings. The molecule has 78 heavy (non-hydrogen) atoms. The molecule has 0 atom stereocenters. The van der Waals surface area contributed by atoms with Crippen LogP contribution in [0.1, 0.15) is 38.5 Å². The Morgan fingerprint density at radius 3 is 1.49 bits per heavy atom. The van der Waals surface area contributed by atoms with Crippen molar-refractivity contribution in [1.29, 1.82) is 0 Å². The summed E-state index contributed by atoms with van der Waals surface area (Å²) >= 11 is 14.8. The first-order chi connectivity index (χ1) is 37.9. The highest BCUT2D eigenvalue weighted by molar-refractivity contribution is 9.10. The molecule has 0 radical (unpaired) electrons. The maximum atomic E-state index is 12.2. The lowest BCUT2D eigenvalue weighted by Crippen LogP contribution is -2.29. The Morgan fingerprint density at radius 1 is 0.564 bits per heavy atom. The number of amides is 1. The number of aliphatic imine (C=N–C) groups is 1. The zero-order valence-corrected chi connectivity index (χ0v) is 45.7. The minimum absolute atomic E-state index is 0.0330. The largest absolute Gasteiger partial charge is 0.508 e. The van der Waals surface area contributed by atoms with E-state index in [1.54, 1.807) is 72.8 Å². The van der Waals surface area contributed by atoms with Gasteiger partial charge in [0.1, 0.15) is 39.3 Å². The molecular weight excluding hydrogens is 1090 g/mol. The number of hydrogen-bond donors (Lipinski definition) is 5. The molecule has 5 N–H and O–H groups in total. The number of halogens is 3. The predicted octanol–water partition coefficient (Wildman–Crippen LogP) is 12.5. The van der Waals surface area contributed by atoms with Gasteiger partial charge in [-0.25, -0.2) is 24.5 Å². The fourth-order valence-electron chi connectivity index (χ4n) is 8.35. The van der Waals surface area contributed by atoms with Gasteiger partial charge in [-0.3, -0.25) is 5.32 Å². The summed E-state index contributed by atoms with van der Waals surface area (Å²) in [4.78, 5) is 46.1. The standard InChI is InChI=1S/C22H20ClN3O2.C15H16N2O.C9H11BrN2.C7H4ClNO.C6H7BO3/c23-17-9-11-18(12-10-17)24-22(27)28-19-6-3-5-16(15-19)20-7-4-8-21(25-20)26-13-1-2-14-26;18-13-6-3-5-12(11-13)14-7-4-8-15(16-14)17-9-1-2-10-17;10-8-4-3-5-9(11-8)12-6-1-2-7-12;8-6-1-3-7(4-2-6)9-5-10;8-6-3-1-2-5(4-6)7(9)10/h3-12,15H,1-2,13-14H2,(H,24,27);3-8,11,18H,1-2,9-10H2;3-5H,1-2,6-7H2;1-4H;1-4,8-10H. The van der Waals surface area contributed by atoms with Crippen LogP contribution in [0, 0.1) is 0 Å². The van der Waals surface area contributed by atoms with Crippen molar-refractivity contribution in [2.24, 2.45) is 4.99 Å². The fourth-order valence-corrected chi connectivity index (χ4v) is 8.94. The number of carbonyl (C=O) groups is 1. The second-order valence-corrected chi connectivity index (χ2v) is 19.6. The van der Waals surface area contributed by atoms with Gasteiger partial charge < -0.3 is 39.7 Å². The van der Waals surface area contributed by atoms with E-state index in [9.17, 15) is 14.7 Å². The Morgan fingerprint density at radius 2 is 1.01 bits per heavy atom. The van der Waals surface area contributed by atoms with E-state index in [1.807, 2.05) is 72.8 Å². The Kier molecular flexibility index (Phi) is 22.5. The smallest absolute Gasteiger partial charge is 0.488 e. The van der Waals surface area contributed by atoms with E-state index in [2.05, 4.69) is 63.0 Å². The first-order valence-electron chi connectivity index (χ1n) is 25.3. The highest BCUT2D eigenvalue weighted by Gasteiger charge is 2.17. The minimum atomic E-state index is -1.51. The monoisotopic (exact) mass is 1150 g/mol. The molecular formula is C59H58BBrCl2N8O7. The van der Waals surface area contributed by atoms with Gasteiger partial charge in [0.2, 0.25) is 6.08 Å². The summed E-state index contributed by atoms with van der Waals surface area (Å²) in [6, 6.07) is 52.0. The van der Waals surface area contributed by atoms with Gasteiger partial charge in [0.15, 0.2) is 0 Å². The summed E-state index contributed by atoms with van der Waals surface area (Å²) in [5.41, 5.74) is 5.10. The van der Waals surface area contributed by atoms with Gasteiger partial charge >= 0.3 is 13.2 Å². The molecule has 3 aromatic heterocycles. The number of aromatic hydroxyl groups is 2. The SMILES string of the molecule is Brc1cccc(N2CCCC2)n1.O=C(Nc1ccc(Cl)cc1)Oc1cccc(-c2cccc(N3CCCC3)n2)c1.O=C=Nc1ccc(Cl)cc1.OB(O)c1cccc(O)c1.Oc1cccc(-c2cccc(N3CCCC3)n2)c1. The van der Waals surface area contributed by atoms with Crippen LogP contribution in [0.3, 0.4) is 0 Å². The maximum absolute atomic E-state index is 12.2. The van der Waals surface area contributed by atoms with E-state index in [4.69, 9.17) is 48.1 Å². The molecule has 3 fully saturated rings. The first-order valence-corrected chi connectivity index (χ1v) is 26.9. The van der Waals surface area contributed by atoms with Gasteiger partial charge in [0, 0.05) is 66.1 Å². The number of pyridine rings is 3. The van der Waals surface area contributed by atoms with Crippen LogP contribution >= 0.6 is 39.1 Å². The Hall–Kier alpha value is -7.76. The molecule has 5 aromatic carbocycles. The number of benzene rings is 5. The normalized spacial score (nSPS) is 13.2. The van der Waals surface area contributed by atoms with Crippen LogP contribution in [0.15, 0.2) is 186 Å². The quantitative estimate of drug-likeness (QED) is 0.0397. The first kappa shape index (κ1) is 57.9. The Labute approximate surface area is 472 Å². The molecule has 0 aliphatic carbocycles. The number of phenols is 2. The number of aromatic nitrogens is 3. The summed E-state index contributed by atoms with van der Waals surface area (Å²) in [5.74, 6) is 3.89. The molecule has 0 unspecified atom stereocenters. The number of nitrogens with one attached hydrogen (secondary N) is 1. The van der Waals surface area contributed by atoms with E-state index in [-0.39, 0.29) is 11.5 Å². The van der Waals surface area contributed by atoms with Crippen molar-refractivity contribution in [3.8, 4) is 39.8 Å². The molecule has 0 bridgehead atoms. The number of carbonyl (C=O) groups excluding carboxylic acids is 2. The molecule has 3 saturated heterocycles. The Bertz CT molecular complexity index is 3210. The van der Waals surface area contributed by atoms with Crippen LogP contribution in [0.4, 0.5) is 33.6 Å². The number of ether oxygens (including phenoxy) is 1. The maximum Gasteiger partial charge on any atom is 0.488 e. The zero-order valence-electron chi connectivity index (χ0n) is 42.6. The van der Waals surface area contributed by atoms with Gasteiger partial charge in [-0.1, -0.05) is 77.8 Å². The van der Waals surface area contributed by atoms with Gasteiger partial charge in [0.05, 0.1) is 17.1 Å². The van der Waals surface area contributed by atoms with Crippen LogP contribution in [0.25, 0.3) is 22.5 Å². The lowest BCUT2D eigenvalue weighted by Gasteiger charge is -2.17. The molecule has 15 nitrogen and oxygen atoms in total. The molecule has 400 valence electrons. The van der Waals surface area contributed by atoms with Crippen molar-refractivity contribution in [2.45, 2.75) is 38.5 Å². The second kappa shape index (κ2) is 30.3. The van der Waals surface area contributed by atoms with E-state index in [1.165, 1.54) is 62.8 Å². The summed E-state index contributed by atoms with van der Waals surface area (Å²) < 4.78 is 6.34. The molecule has 3 aliphatic heterocycles. The van der Waals surface area contributed by atoms with Crippen molar-refractivity contribution in [1.82, 2.24) is 15.0 Å². The van der Waals surface area contributed by atoms with Gasteiger partial charge in [-0.15, -0.1) is 0 Å². The summed E-state index contributed by atoms with van der Waals surface area (Å²) in [7, 11) is -1.51. The number of isocyanates is 1. The van der Waals surface area contributed by atoms with Gasteiger partial charge in [-0.05, 0) is 181 Å². The minimum Gasteiger partial charge on any atom is -0.508 e. The lowest BCUT2D eigenvalue weighted by atomic mass is 9.80. The molecule has 11 rings (SSSR count). The summed E-state index contributed by atoms with van der Waals surface area (Å²) in [6.07, 6.45) is 8.39. The van der Waals surface area contributed by atoms with Crippen LogP contribution < -0.4 is 30.2 Å². The predicted molar refractivity (Wildman–Crippen MR) is 316 cm³/mol. The third-order valence-electron chi connectivity index (χ3n) is 12.2. The van der Waals surface area contributed by atoms with E-state index in [0.29, 0.717) is 32.6 Å². The highest BCUT2D eigenvalue weighted by Crippen LogP contribution is 2.28. The van der Waals surface area contributed by atoms with Crippen molar-refractivity contribution in [3.05, 3.63) is 191 Å². The van der Waals surface area contributed by atoms with Gasteiger partial charge in [0.25, 0.3) is 0 Å². The average molecular weight is 1150 g/mol. The number of phenolic OH excluding ortho intramolecular Hbond substituents is 2. The molecule has 0 spiro atoms. The van der Waals surface area contributed by atoms with Crippen molar-refractivity contribution >= 4 is 92.7 Å². The Balaban J connectivity index is 0.000000152. The second-order valence-electron chi connectivity index (χ2n) is 17.9. The summed E-state index contributed by atoms with van der Waals surface area (Å²) in [5, 5.41) is 39.5. The summed E-state index contributed by atoms with van der Waals surface area (Å²) in [6.45, 7) is 6.59. The average Bonchev–Trinajstić information content (AvgIpc) is 4.32. The molecule has 19 heteroatoms. The van der Waals surface area contributed by atoms with Crippen LogP contribution in [-0.4, -0.2) is 93.8 Å². The third kappa shape index (κ3) is 18.8. The van der Waals surface area contributed by atoms with Crippen LogP contribution in [0.2, 0.25) is 10.0 Å². The zero-order chi connectivity index (χ0) is 55.1. The number of nitrogens with zero attached hydrogens (tertiary/aromatic N) is 7. The van der Waals surface area contributed by atoms with E-state index < -0.39 is 13.2 Å². The molecule has 1 amide bonds. The third-order valence-corrected chi connectivity index (χ3v) is 13.1. The van der Waals surface area contributed by atoms with E-state index >= 15 is 0 Å². The van der Waals surface area contributed by atoms with Crippen LogP contribution in [0.5, 0.6) is 17.2 Å². The molecule has 0 saturated carbocycles. The lowest BCUT2D eigenvalue weighted by molar-refractivity contribution is 0.215. The van der Waals surface area contributed by atoms with E-state index in [0.717, 1.165) is 83.8 Å². The van der Waals surface area contributed by atoms with Gasteiger partial charge in [-0.2, -0.15) is 4.99 Å². The van der Waals surface area contributed by atoms with Crippen LogP contribution in [-0.2, 0) is 4.79 Å².